The highest BCUT2D eigenvalue weighted by atomic mass is 32.2. The zero-order valence-corrected chi connectivity index (χ0v) is 9.97. The number of nitrogens with zero attached hydrogens (tertiary/aromatic N) is 2. The van der Waals surface area contributed by atoms with Gasteiger partial charge in [0.15, 0.2) is 9.84 Å². The van der Waals surface area contributed by atoms with Crippen LogP contribution in [0.3, 0.4) is 0 Å². The maximum Gasteiger partial charge on any atom is 0.182 e. The highest BCUT2D eigenvalue weighted by Crippen LogP contribution is 2.18. The van der Waals surface area contributed by atoms with Crippen LogP contribution in [0.4, 0.5) is 5.69 Å². The largest absolute Gasteiger partial charge is 0.398 e. The first-order valence-corrected chi connectivity index (χ1v) is 6.79. The second-order valence-electron chi connectivity index (χ2n) is 3.63. The first kappa shape index (κ1) is 11.7. The monoisotopic (exact) mass is 251 g/mol. The lowest BCUT2D eigenvalue weighted by Gasteiger charge is -2.07. The fourth-order valence-corrected chi connectivity index (χ4v) is 2.88. The van der Waals surface area contributed by atoms with Crippen molar-refractivity contribution in [1.82, 2.24) is 9.78 Å². The summed E-state index contributed by atoms with van der Waals surface area (Å²) < 4.78 is 25.6. The van der Waals surface area contributed by atoms with E-state index in [0.717, 1.165) is 0 Å². The van der Waals surface area contributed by atoms with Crippen LogP contribution >= 0.6 is 0 Å². The Labute approximate surface area is 99.8 Å². The molecule has 2 aromatic rings. The molecule has 0 saturated carbocycles. The molecular formula is C11H13N3O2S. The lowest BCUT2D eigenvalue weighted by atomic mass is 10.3. The highest BCUT2D eigenvalue weighted by molar-refractivity contribution is 7.91. The Morgan fingerprint density at radius 3 is 2.65 bits per heavy atom. The molecule has 0 radical (unpaired) electrons. The third-order valence-electron chi connectivity index (χ3n) is 2.40. The van der Waals surface area contributed by atoms with Crippen molar-refractivity contribution in [3.8, 4) is 0 Å². The average molecular weight is 251 g/mol. The average Bonchev–Trinajstić information content (AvgIpc) is 2.80. The predicted octanol–water partition coefficient (Wildman–Crippen LogP) is 0.939. The first-order chi connectivity index (χ1) is 8.09. The van der Waals surface area contributed by atoms with Crippen LogP contribution in [-0.4, -0.2) is 24.0 Å². The molecule has 2 rings (SSSR count). The fraction of sp³-hybridized carbons (Fsp3) is 0.182. The van der Waals surface area contributed by atoms with Gasteiger partial charge in [0.05, 0.1) is 22.9 Å². The van der Waals surface area contributed by atoms with E-state index in [9.17, 15) is 8.42 Å². The van der Waals surface area contributed by atoms with E-state index in [1.807, 2.05) is 0 Å². The van der Waals surface area contributed by atoms with Gasteiger partial charge in [0.1, 0.15) is 0 Å². The van der Waals surface area contributed by atoms with Crippen LogP contribution in [0, 0.1) is 0 Å². The van der Waals surface area contributed by atoms with Crippen molar-refractivity contribution in [3.05, 3.63) is 42.7 Å². The Hall–Kier alpha value is -1.82. The summed E-state index contributed by atoms with van der Waals surface area (Å²) in [6.45, 7) is 0.323. The Bertz CT molecular complexity index is 591. The molecule has 0 fully saturated rings. The maximum absolute atomic E-state index is 12.0. The standard InChI is InChI=1S/C11H13N3O2S/c12-10-4-1-2-5-11(10)17(15,16)9-8-14-7-3-6-13-14/h1-7H,8-9,12H2. The number of sulfone groups is 1. The summed E-state index contributed by atoms with van der Waals surface area (Å²) in [4.78, 5) is 0.187. The molecule has 90 valence electrons. The Kier molecular flexibility index (Phi) is 3.14. The molecule has 5 nitrogen and oxygen atoms in total. The predicted molar refractivity (Wildman–Crippen MR) is 65.1 cm³/mol. The smallest absolute Gasteiger partial charge is 0.182 e. The van der Waals surface area contributed by atoms with Gasteiger partial charge in [0.2, 0.25) is 0 Å². The zero-order chi connectivity index (χ0) is 12.3. The molecule has 0 saturated heterocycles. The van der Waals surface area contributed by atoms with Crippen molar-refractivity contribution in [2.75, 3.05) is 11.5 Å². The Morgan fingerprint density at radius 1 is 1.24 bits per heavy atom. The van der Waals surface area contributed by atoms with Crippen LogP contribution in [0.5, 0.6) is 0 Å². The Morgan fingerprint density at radius 2 is 2.00 bits per heavy atom. The molecule has 2 N–H and O–H groups in total. The van der Waals surface area contributed by atoms with Gasteiger partial charge in [-0.05, 0) is 18.2 Å². The molecule has 0 spiro atoms. The molecule has 17 heavy (non-hydrogen) atoms. The third kappa shape index (κ3) is 2.65. The summed E-state index contributed by atoms with van der Waals surface area (Å²) in [6, 6.07) is 8.23. The number of para-hydroxylation sites is 1. The minimum atomic E-state index is -3.35. The van der Waals surface area contributed by atoms with Gasteiger partial charge in [-0.2, -0.15) is 5.10 Å². The Balaban J connectivity index is 2.17. The van der Waals surface area contributed by atoms with Gasteiger partial charge < -0.3 is 5.73 Å². The van der Waals surface area contributed by atoms with E-state index in [-0.39, 0.29) is 16.3 Å². The molecule has 0 unspecified atom stereocenters. The van der Waals surface area contributed by atoms with Crippen molar-refractivity contribution in [3.63, 3.8) is 0 Å². The molecule has 0 aliphatic heterocycles. The summed E-state index contributed by atoms with van der Waals surface area (Å²) in [7, 11) is -3.35. The van der Waals surface area contributed by atoms with Gasteiger partial charge in [0.25, 0.3) is 0 Å². The summed E-state index contributed by atoms with van der Waals surface area (Å²) in [6.07, 6.45) is 3.34. The molecule has 1 aromatic heterocycles. The van der Waals surface area contributed by atoms with Gasteiger partial charge in [-0.15, -0.1) is 0 Å². The van der Waals surface area contributed by atoms with Crippen molar-refractivity contribution >= 4 is 15.5 Å². The number of benzene rings is 1. The minimum absolute atomic E-state index is 0.0110. The fourth-order valence-electron chi connectivity index (χ4n) is 1.52. The van der Waals surface area contributed by atoms with Gasteiger partial charge in [-0.1, -0.05) is 12.1 Å². The van der Waals surface area contributed by atoms with E-state index in [2.05, 4.69) is 5.10 Å². The van der Waals surface area contributed by atoms with Crippen molar-refractivity contribution in [2.45, 2.75) is 11.4 Å². The highest BCUT2D eigenvalue weighted by Gasteiger charge is 2.16. The van der Waals surface area contributed by atoms with Crippen LogP contribution < -0.4 is 5.73 Å². The number of nitrogens with two attached hydrogens (primary N) is 1. The summed E-state index contributed by atoms with van der Waals surface area (Å²) in [5, 5.41) is 3.96. The SMILES string of the molecule is Nc1ccccc1S(=O)(=O)CCn1cccn1. The molecule has 0 atom stereocenters. The molecule has 0 aliphatic carbocycles. The van der Waals surface area contributed by atoms with E-state index in [1.54, 1.807) is 41.3 Å². The van der Waals surface area contributed by atoms with E-state index < -0.39 is 9.84 Å². The van der Waals surface area contributed by atoms with Gasteiger partial charge >= 0.3 is 0 Å². The lowest BCUT2D eigenvalue weighted by molar-refractivity contribution is 0.581. The van der Waals surface area contributed by atoms with Crippen molar-refractivity contribution < 1.29 is 8.42 Å². The van der Waals surface area contributed by atoms with Crippen LogP contribution in [0.25, 0.3) is 0 Å². The van der Waals surface area contributed by atoms with Gasteiger partial charge in [0, 0.05) is 12.4 Å². The second-order valence-corrected chi connectivity index (χ2v) is 5.70. The quantitative estimate of drug-likeness (QED) is 0.820. The molecule has 1 heterocycles. The lowest BCUT2D eigenvalue weighted by Crippen LogP contribution is -2.14. The number of hydrogen-bond acceptors (Lipinski definition) is 4. The van der Waals surface area contributed by atoms with Crippen LogP contribution in [0.1, 0.15) is 0 Å². The number of aryl methyl sites for hydroxylation is 1. The summed E-state index contributed by atoms with van der Waals surface area (Å²) >= 11 is 0. The van der Waals surface area contributed by atoms with Crippen LogP contribution in [0.2, 0.25) is 0 Å². The molecule has 0 bridgehead atoms. The maximum atomic E-state index is 12.0. The van der Waals surface area contributed by atoms with Crippen molar-refractivity contribution in [2.24, 2.45) is 0 Å². The number of anilines is 1. The second kappa shape index (κ2) is 4.58. The molecule has 6 heteroatoms. The van der Waals surface area contributed by atoms with Crippen molar-refractivity contribution in [1.29, 1.82) is 0 Å². The molecular weight excluding hydrogens is 238 g/mol. The topological polar surface area (TPSA) is 78.0 Å². The minimum Gasteiger partial charge on any atom is -0.398 e. The van der Waals surface area contributed by atoms with E-state index >= 15 is 0 Å². The van der Waals surface area contributed by atoms with E-state index in [0.29, 0.717) is 6.54 Å². The number of hydrogen-bond donors (Lipinski definition) is 1. The van der Waals surface area contributed by atoms with Gasteiger partial charge in [-0.3, -0.25) is 4.68 Å². The number of rotatable bonds is 4. The third-order valence-corrected chi connectivity index (χ3v) is 4.16. The molecule has 0 amide bonds. The zero-order valence-electron chi connectivity index (χ0n) is 9.15. The van der Waals surface area contributed by atoms with E-state index in [4.69, 9.17) is 5.73 Å². The normalized spacial score (nSPS) is 11.5. The summed E-state index contributed by atoms with van der Waals surface area (Å²) in [5.74, 6) is -0.0110. The summed E-state index contributed by atoms with van der Waals surface area (Å²) in [5.41, 5.74) is 5.94. The number of aromatic nitrogens is 2. The van der Waals surface area contributed by atoms with Gasteiger partial charge in [-0.25, -0.2) is 8.42 Å². The first-order valence-electron chi connectivity index (χ1n) is 5.14. The van der Waals surface area contributed by atoms with E-state index in [1.165, 1.54) is 6.07 Å². The van der Waals surface area contributed by atoms with Crippen LogP contribution in [-0.2, 0) is 16.4 Å². The molecule has 1 aromatic carbocycles. The van der Waals surface area contributed by atoms with Crippen LogP contribution in [0.15, 0.2) is 47.6 Å². The molecule has 0 aliphatic rings. The number of nitrogen functional groups attached to an aromatic ring is 1.